The average Bonchev–Trinajstić information content (AvgIpc) is 2.63. The van der Waals surface area contributed by atoms with E-state index < -0.39 is 11.6 Å². The zero-order chi connectivity index (χ0) is 13.9. The van der Waals surface area contributed by atoms with E-state index in [2.05, 4.69) is 16.8 Å². The van der Waals surface area contributed by atoms with Crippen LogP contribution in [-0.4, -0.2) is 33.1 Å². The van der Waals surface area contributed by atoms with Crippen LogP contribution in [-0.2, 0) is 6.42 Å². The Morgan fingerprint density at radius 2 is 2.11 bits per heavy atom. The van der Waals surface area contributed by atoms with E-state index in [0.29, 0.717) is 24.0 Å². The highest BCUT2D eigenvalue weighted by Crippen LogP contribution is 2.18. The fourth-order valence-electron chi connectivity index (χ4n) is 1.57. The summed E-state index contributed by atoms with van der Waals surface area (Å²) in [4.78, 5) is 24.6. The third-order valence-corrected chi connectivity index (χ3v) is 2.31. The van der Waals surface area contributed by atoms with E-state index in [9.17, 15) is 14.7 Å². The fourth-order valence-corrected chi connectivity index (χ4v) is 1.57. The quantitative estimate of drug-likeness (QED) is 0.554. The average molecular weight is 249 g/mol. The van der Waals surface area contributed by atoms with Gasteiger partial charge in [0.15, 0.2) is 6.29 Å². The van der Waals surface area contributed by atoms with E-state index in [1.54, 1.807) is 6.92 Å². The standard InChI is InChI=1S/C13H15NO4/c1-4-8-9(5-6-13(2,3)18)14-10(7-15)11(8)12(16)17/h7,14,18H,4H2,1-3H3,(H,16,17). The number of carbonyl (C=O) groups excluding carboxylic acids is 1. The molecule has 0 saturated heterocycles. The van der Waals surface area contributed by atoms with Crippen LogP contribution in [0, 0.1) is 11.8 Å². The summed E-state index contributed by atoms with van der Waals surface area (Å²) in [6.45, 7) is 4.82. The number of carbonyl (C=O) groups is 2. The lowest BCUT2D eigenvalue weighted by Crippen LogP contribution is -2.14. The van der Waals surface area contributed by atoms with Crippen molar-refractivity contribution >= 4 is 12.3 Å². The molecule has 1 heterocycles. The minimum absolute atomic E-state index is 0.000559. The third-order valence-electron chi connectivity index (χ3n) is 2.31. The van der Waals surface area contributed by atoms with E-state index >= 15 is 0 Å². The maximum absolute atomic E-state index is 11.1. The Bertz CT molecular complexity index is 538. The molecule has 0 saturated carbocycles. The lowest BCUT2D eigenvalue weighted by atomic mass is 10.1. The van der Waals surface area contributed by atoms with Gasteiger partial charge in [0, 0.05) is 5.56 Å². The molecule has 96 valence electrons. The van der Waals surface area contributed by atoms with Crippen molar-refractivity contribution in [2.24, 2.45) is 0 Å². The Kier molecular flexibility index (Phi) is 3.94. The second-order valence-corrected chi connectivity index (χ2v) is 4.35. The van der Waals surface area contributed by atoms with E-state index in [1.165, 1.54) is 13.8 Å². The predicted molar refractivity (Wildman–Crippen MR) is 65.7 cm³/mol. The Labute approximate surface area is 105 Å². The van der Waals surface area contributed by atoms with E-state index in [1.807, 2.05) is 0 Å². The van der Waals surface area contributed by atoms with Gasteiger partial charge in [-0.2, -0.15) is 0 Å². The molecule has 5 nitrogen and oxygen atoms in total. The van der Waals surface area contributed by atoms with Gasteiger partial charge in [-0.25, -0.2) is 4.79 Å². The second-order valence-electron chi connectivity index (χ2n) is 4.35. The van der Waals surface area contributed by atoms with Gasteiger partial charge in [-0.15, -0.1) is 0 Å². The number of hydrogen-bond acceptors (Lipinski definition) is 3. The molecular weight excluding hydrogens is 234 g/mol. The van der Waals surface area contributed by atoms with Gasteiger partial charge in [-0.05, 0) is 26.2 Å². The summed E-state index contributed by atoms with van der Waals surface area (Å²) in [5, 5.41) is 18.6. The zero-order valence-corrected chi connectivity index (χ0v) is 10.5. The molecule has 0 aliphatic carbocycles. The smallest absolute Gasteiger partial charge is 0.338 e. The van der Waals surface area contributed by atoms with E-state index in [-0.39, 0.29) is 11.3 Å². The number of carboxylic acid groups (broad SMARTS) is 1. The van der Waals surface area contributed by atoms with Crippen LogP contribution >= 0.6 is 0 Å². The van der Waals surface area contributed by atoms with Crippen molar-refractivity contribution in [3.8, 4) is 11.8 Å². The lowest BCUT2D eigenvalue weighted by Gasteiger charge is -2.05. The number of rotatable bonds is 3. The summed E-state index contributed by atoms with van der Waals surface area (Å²) in [7, 11) is 0. The third kappa shape index (κ3) is 2.99. The first-order valence-corrected chi connectivity index (χ1v) is 5.49. The summed E-state index contributed by atoms with van der Waals surface area (Å²) in [6, 6.07) is 0. The summed E-state index contributed by atoms with van der Waals surface area (Å²) in [6.07, 6.45) is 0.889. The maximum Gasteiger partial charge on any atom is 0.338 e. The number of H-pyrrole nitrogens is 1. The Balaban J connectivity index is 3.41. The first-order chi connectivity index (χ1) is 8.30. The number of aldehydes is 1. The Morgan fingerprint density at radius 3 is 2.50 bits per heavy atom. The molecule has 0 aliphatic heterocycles. The number of nitrogens with one attached hydrogen (secondary N) is 1. The highest BCUT2D eigenvalue weighted by atomic mass is 16.4. The molecule has 0 fully saturated rings. The van der Waals surface area contributed by atoms with Crippen molar-refractivity contribution in [2.75, 3.05) is 0 Å². The fraction of sp³-hybridized carbons (Fsp3) is 0.385. The topological polar surface area (TPSA) is 90.4 Å². The van der Waals surface area contributed by atoms with Crippen LogP contribution in [0.25, 0.3) is 0 Å². The number of aliphatic hydroxyl groups is 1. The maximum atomic E-state index is 11.1. The molecule has 0 bridgehead atoms. The molecule has 0 aromatic carbocycles. The number of carboxylic acids is 1. The summed E-state index contributed by atoms with van der Waals surface area (Å²) in [5.74, 6) is 4.09. The molecule has 0 atom stereocenters. The molecule has 1 aromatic heterocycles. The Hall–Kier alpha value is -2.06. The predicted octanol–water partition coefficient (Wildman–Crippen LogP) is 1.21. The van der Waals surface area contributed by atoms with Gasteiger partial charge >= 0.3 is 5.97 Å². The minimum Gasteiger partial charge on any atom is -0.478 e. The van der Waals surface area contributed by atoms with Crippen LogP contribution in [0.3, 0.4) is 0 Å². The van der Waals surface area contributed by atoms with Crippen LogP contribution < -0.4 is 0 Å². The molecule has 1 rings (SSSR count). The number of aromatic carboxylic acids is 1. The molecule has 0 unspecified atom stereocenters. The zero-order valence-electron chi connectivity index (χ0n) is 10.5. The lowest BCUT2D eigenvalue weighted by molar-refractivity contribution is 0.0693. The number of aromatic nitrogens is 1. The van der Waals surface area contributed by atoms with Crippen molar-refractivity contribution in [3.05, 3.63) is 22.5 Å². The molecular formula is C13H15NO4. The normalized spacial score (nSPS) is 10.7. The molecule has 0 radical (unpaired) electrons. The molecule has 0 amide bonds. The number of hydrogen-bond donors (Lipinski definition) is 3. The molecule has 3 N–H and O–H groups in total. The first kappa shape index (κ1) is 14.0. The SMILES string of the molecule is CCc1c(C#CC(C)(C)O)[nH]c(C=O)c1C(=O)O. The molecule has 0 aliphatic rings. The van der Waals surface area contributed by atoms with Crippen molar-refractivity contribution in [1.82, 2.24) is 4.98 Å². The summed E-state index contributed by atoms with van der Waals surface area (Å²) < 4.78 is 0. The largest absolute Gasteiger partial charge is 0.478 e. The van der Waals surface area contributed by atoms with Crippen LogP contribution in [0.2, 0.25) is 0 Å². The monoisotopic (exact) mass is 249 g/mol. The van der Waals surface area contributed by atoms with Gasteiger partial charge in [0.25, 0.3) is 0 Å². The van der Waals surface area contributed by atoms with Crippen LogP contribution in [0.5, 0.6) is 0 Å². The second kappa shape index (κ2) is 5.07. The molecule has 1 aromatic rings. The van der Waals surface area contributed by atoms with Crippen LogP contribution in [0.4, 0.5) is 0 Å². The molecule has 5 heteroatoms. The summed E-state index contributed by atoms with van der Waals surface area (Å²) >= 11 is 0. The van der Waals surface area contributed by atoms with Gasteiger partial charge in [-0.1, -0.05) is 12.8 Å². The number of aromatic amines is 1. The van der Waals surface area contributed by atoms with Crippen molar-refractivity contribution < 1.29 is 19.8 Å². The van der Waals surface area contributed by atoms with Gasteiger partial charge in [-0.3, -0.25) is 4.79 Å². The van der Waals surface area contributed by atoms with Gasteiger partial charge < -0.3 is 15.2 Å². The highest BCUT2D eigenvalue weighted by Gasteiger charge is 2.20. The van der Waals surface area contributed by atoms with Gasteiger partial charge in [0.2, 0.25) is 0 Å². The van der Waals surface area contributed by atoms with Gasteiger partial charge in [0.05, 0.1) is 17.0 Å². The molecule has 18 heavy (non-hydrogen) atoms. The van der Waals surface area contributed by atoms with Crippen molar-refractivity contribution in [3.63, 3.8) is 0 Å². The van der Waals surface area contributed by atoms with Crippen LogP contribution in [0.15, 0.2) is 0 Å². The minimum atomic E-state index is -1.18. The van der Waals surface area contributed by atoms with E-state index in [4.69, 9.17) is 5.11 Å². The van der Waals surface area contributed by atoms with E-state index in [0.717, 1.165) is 0 Å². The van der Waals surface area contributed by atoms with Crippen LogP contribution in [0.1, 0.15) is 52.9 Å². The highest BCUT2D eigenvalue weighted by molar-refractivity contribution is 5.98. The van der Waals surface area contributed by atoms with Crippen molar-refractivity contribution in [1.29, 1.82) is 0 Å². The van der Waals surface area contributed by atoms with Crippen molar-refractivity contribution in [2.45, 2.75) is 32.8 Å². The Morgan fingerprint density at radius 1 is 1.50 bits per heavy atom. The molecule has 0 spiro atoms. The summed E-state index contributed by atoms with van der Waals surface area (Å²) in [5.41, 5.74) is -0.395. The first-order valence-electron chi connectivity index (χ1n) is 5.49. The van der Waals surface area contributed by atoms with Gasteiger partial charge in [0.1, 0.15) is 5.60 Å².